The van der Waals surface area contributed by atoms with Crippen LogP contribution in [0.2, 0.25) is 0 Å². The lowest BCUT2D eigenvalue weighted by molar-refractivity contribution is -0.127. The maximum absolute atomic E-state index is 13.5. The van der Waals surface area contributed by atoms with Crippen LogP contribution in [0.3, 0.4) is 0 Å². The van der Waals surface area contributed by atoms with Gasteiger partial charge in [-0.25, -0.2) is 0 Å². The highest BCUT2D eigenvalue weighted by atomic mass is 16.3. The van der Waals surface area contributed by atoms with E-state index in [9.17, 15) is 24.6 Å². The van der Waals surface area contributed by atoms with Crippen LogP contribution in [0.1, 0.15) is 53.9 Å². The summed E-state index contributed by atoms with van der Waals surface area (Å²) in [5.41, 5.74) is 8.98. The molecule has 1 aromatic rings. The summed E-state index contributed by atoms with van der Waals surface area (Å²) in [5, 5.41) is 21.9. The molecule has 0 saturated heterocycles. The number of carbonyl (C=O) groups is 3. The first-order valence-electron chi connectivity index (χ1n) is 10.8. The standard InChI is InChI=1S/C25H25NO5/c1-11-6-7-15(12-4-2-3-5-12)16-9-13-8-14-10-17(27)21(25(26)31)24(30)20(14)23(29)19(13)22(28)18(11)16/h2,4,6-7,12-14,20,28,30H,3,5,8-10H2,1H3,(H2,26,31). The van der Waals surface area contributed by atoms with E-state index in [1.807, 2.05) is 13.0 Å². The molecule has 0 spiro atoms. The third-order valence-electron chi connectivity index (χ3n) is 7.45. The van der Waals surface area contributed by atoms with Crippen LogP contribution < -0.4 is 5.73 Å². The number of aliphatic hydroxyl groups excluding tert-OH is 2. The summed E-state index contributed by atoms with van der Waals surface area (Å²) in [6.45, 7) is 1.92. The fourth-order valence-electron chi connectivity index (χ4n) is 6.10. The third-order valence-corrected chi connectivity index (χ3v) is 7.45. The minimum absolute atomic E-state index is 0.00216. The number of ketones is 2. The summed E-state index contributed by atoms with van der Waals surface area (Å²) in [6.07, 6.45) is 7.55. The zero-order chi connectivity index (χ0) is 22.0. The van der Waals surface area contributed by atoms with E-state index >= 15 is 0 Å². The Morgan fingerprint density at radius 2 is 1.94 bits per heavy atom. The van der Waals surface area contributed by atoms with Gasteiger partial charge in [-0.3, -0.25) is 14.4 Å². The van der Waals surface area contributed by atoms with Crippen molar-refractivity contribution in [3.63, 3.8) is 0 Å². The average Bonchev–Trinajstić information content (AvgIpc) is 3.21. The van der Waals surface area contributed by atoms with Crippen LogP contribution in [0.5, 0.6) is 0 Å². The van der Waals surface area contributed by atoms with Crippen LogP contribution in [0.4, 0.5) is 0 Å². The van der Waals surface area contributed by atoms with Gasteiger partial charge in [0.15, 0.2) is 11.6 Å². The van der Waals surface area contributed by atoms with E-state index in [2.05, 4.69) is 18.2 Å². The summed E-state index contributed by atoms with van der Waals surface area (Å²) < 4.78 is 0. The topological polar surface area (TPSA) is 118 Å². The highest BCUT2D eigenvalue weighted by molar-refractivity contribution is 6.21. The molecule has 4 N–H and O–H groups in total. The van der Waals surface area contributed by atoms with Gasteiger partial charge in [-0.05, 0) is 61.1 Å². The van der Waals surface area contributed by atoms with Gasteiger partial charge < -0.3 is 15.9 Å². The maximum atomic E-state index is 13.5. The Kier molecular flexibility index (Phi) is 4.43. The van der Waals surface area contributed by atoms with Gasteiger partial charge in [-0.1, -0.05) is 24.3 Å². The molecule has 1 saturated carbocycles. The van der Waals surface area contributed by atoms with Crippen LogP contribution in [-0.2, 0) is 20.8 Å². The highest BCUT2D eigenvalue weighted by Gasteiger charge is 2.50. The van der Waals surface area contributed by atoms with Gasteiger partial charge >= 0.3 is 0 Å². The van der Waals surface area contributed by atoms with Crippen LogP contribution in [-0.4, -0.2) is 27.7 Å². The lowest BCUT2D eigenvalue weighted by Gasteiger charge is -2.41. The normalized spacial score (nSPS) is 29.7. The Hall–Kier alpha value is -3.15. The molecule has 1 fully saturated rings. The van der Waals surface area contributed by atoms with Gasteiger partial charge in [-0.15, -0.1) is 0 Å². The van der Waals surface area contributed by atoms with Gasteiger partial charge in [0, 0.05) is 23.5 Å². The first kappa shape index (κ1) is 19.8. The number of fused-ring (bicyclic) bond motifs is 3. The van der Waals surface area contributed by atoms with E-state index < -0.39 is 40.6 Å². The second-order valence-corrected chi connectivity index (χ2v) is 9.19. The monoisotopic (exact) mass is 419 g/mol. The van der Waals surface area contributed by atoms with Crippen molar-refractivity contribution in [3.8, 4) is 0 Å². The van der Waals surface area contributed by atoms with E-state index in [4.69, 9.17) is 5.73 Å². The largest absolute Gasteiger partial charge is 0.511 e. The Labute approximate surface area is 180 Å². The number of benzene rings is 1. The molecular weight excluding hydrogens is 394 g/mol. The predicted molar refractivity (Wildman–Crippen MR) is 114 cm³/mol. The first-order valence-corrected chi connectivity index (χ1v) is 10.8. The zero-order valence-corrected chi connectivity index (χ0v) is 17.4. The molecule has 0 aliphatic heterocycles. The molecule has 4 aliphatic carbocycles. The second-order valence-electron chi connectivity index (χ2n) is 9.19. The van der Waals surface area contributed by atoms with Crippen molar-refractivity contribution in [1.29, 1.82) is 0 Å². The summed E-state index contributed by atoms with van der Waals surface area (Å²) >= 11 is 0. The Bertz CT molecular complexity index is 1140. The van der Waals surface area contributed by atoms with E-state index in [-0.39, 0.29) is 18.1 Å². The SMILES string of the molecule is Cc1ccc(C2C=CCC2)c2c1C(O)=C1C(=O)C3C(O)=C(C(N)=O)C(=O)CC3CC1C2. The number of aliphatic hydroxyl groups is 2. The summed E-state index contributed by atoms with van der Waals surface area (Å²) in [6, 6.07) is 4.10. The number of primary amides is 1. The molecule has 0 aromatic heterocycles. The number of hydrogen-bond acceptors (Lipinski definition) is 5. The fourth-order valence-corrected chi connectivity index (χ4v) is 6.10. The molecule has 1 amide bonds. The maximum Gasteiger partial charge on any atom is 0.255 e. The minimum atomic E-state index is -1.02. The number of allylic oxidation sites excluding steroid dienone is 4. The molecule has 1 aromatic carbocycles. The van der Waals surface area contributed by atoms with Crippen LogP contribution in [0.25, 0.3) is 5.76 Å². The smallest absolute Gasteiger partial charge is 0.255 e. The number of rotatable bonds is 2. The number of Topliss-reactive ketones (excluding diaryl/α,β-unsaturated/α-hetero) is 2. The Morgan fingerprint density at radius 1 is 1.16 bits per heavy atom. The van der Waals surface area contributed by atoms with Gasteiger partial charge in [0.05, 0.1) is 5.92 Å². The highest BCUT2D eigenvalue weighted by Crippen LogP contribution is 2.50. The number of nitrogens with two attached hydrogens (primary N) is 1. The van der Waals surface area contributed by atoms with E-state index in [1.54, 1.807) is 0 Å². The van der Waals surface area contributed by atoms with E-state index in [1.165, 1.54) is 5.56 Å². The number of amides is 1. The van der Waals surface area contributed by atoms with Crippen molar-refractivity contribution < 1.29 is 24.6 Å². The molecule has 4 unspecified atom stereocenters. The molecule has 0 bridgehead atoms. The van der Waals surface area contributed by atoms with Crippen LogP contribution in [0, 0.1) is 24.7 Å². The van der Waals surface area contributed by atoms with Gasteiger partial charge in [0.25, 0.3) is 5.91 Å². The lowest BCUT2D eigenvalue weighted by Crippen LogP contribution is -2.44. The molecule has 5 rings (SSSR count). The number of aryl methyl sites for hydroxylation is 1. The minimum Gasteiger partial charge on any atom is -0.511 e. The van der Waals surface area contributed by atoms with E-state index in [0.717, 1.165) is 24.0 Å². The predicted octanol–water partition coefficient (Wildman–Crippen LogP) is 3.35. The third kappa shape index (κ3) is 2.81. The lowest BCUT2D eigenvalue weighted by atomic mass is 9.61. The van der Waals surface area contributed by atoms with Crippen molar-refractivity contribution in [2.75, 3.05) is 0 Å². The number of carbonyl (C=O) groups excluding carboxylic acids is 3. The molecule has 4 aliphatic rings. The Balaban J connectivity index is 1.65. The fraction of sp³-hybridized carbons (Fsp3) is 0.400. The zero-order valence-electron chi connectivity index (χ0n) is 17.4. The number of hydrogen-bond donors (Lipinski definition) is 3. The van der Waals surface area contributed by atoms with Crippen molar-refractivity contribution in [1.82, 2.24) is 0 Å². The second kappa shape index (κ2) is 6.94. The van der Waals surface area contributed by atoms with Crippen molar-refractivity contribution in [2.45, 2.75) is 44.9 Å². The van der Waals surface area contributed by atoms with Crippen LogP contribution >= 0.6 is 0 Å². The molecule has 4 atom stereocenters. The van der Waals surface area contributed by atoms with Gasteiger partial charge in [0.1, 0.15) is 17.1 Å². The van der Waals surface area contributed by atoms with Gasteiger partial charge in [-0.2, -0.15) is 0 Å². The quantitative estimate of drug-likeness (QED) is 0.502. The first-order chi connectivity index (χ1) is 14.8. The van der Waals surface area contributed by atoms with Crippen molar-refractivity contribution in [3.05, 3.63) is 63.4 Å². The summed E-state index contributed by atoms with van der Waals surface area (Å²) in [4.78, 5) is 37.5. The molecule has 0 heterocycles. The van der Waals surface area contributed by atoms with Crippen LogP contribution in [0.15, 0.2) is 41.2 Å². The van der Waals surface area contributed by atoms with Crippen molar-refractivity contribution in [2.24, 2.45) is 23.5 Å². The molecule has 6 nitrogen and oxygen atoms in total. The summed E-state index contributed by atoms with van der Waals surface area (Å²) in [5.74, 6) is -3.82. The van der Waals surface area contributed by atoms with E-state index in [0.29, 0.717) is 29.9 Å². The molecular formula is C25H25NO5. The van der Waals surface area contributed by atoms with Gasteiger partial charge in [0.2, 0.25) is 0 Å². The molecule has 160 valence electrons. The molecule has 0 radical (unpaired) electrons. The molecule has 6 heteroatoms. The molecule has 31 heavy (non-hydrogen) atoms. The van der Waals surface area contributed by atoms with Crippen molar-refractivity contribution >= 4 is 23.2 Å². The summed E-state index contributed by atoms with van der Waals surface area (Å²) in [7, 11) is 0. The Morgan fingerprint density at radius 3 is 2.61 bits per heavy atom. The average molecular weight is 419 g/mol.